The second-order valence-electron chi connectivity index (χ2n) is 4.52. The number of benzene rings is 1. The van der Waals surface area contributed by atoms with Crippen molar-refractivity contribution < 1.29 is 4.79 Å². The molecule has 1 aromatic heterocycles. The van der Waals surface area contributed by atoms with Gasteiger partial charge in [0.25, 0.3) is 0 Å². The molecule has 92 valence electrons. The van der Waals surface area contributed by atoms with Crippen molar-refractivity contribution in [2.24, 2.45) is 0 Å². The number of fused-ring (bicyclic) bond motifs is 1. The molecule has 4 heteroatoms. The summed E-state index contributed by atoms with van der Waals surface area (Å²) < 4.78 is 1.81. The summed E-state index contributed by atoms with van der Waals surface area (Å²) in [4.78, 5) is 11.7. The van der Waals surface area contributed by atoms with Crippen LogP contribution in [-0.2, 0) is 11.3 Å². The Balaban J connectivity index is 2.34. The molecule has 2 rings (SSSR count). The number of rotatable bonds is 3. The van der Waals surface area contributed by atoms with Crippen LogP contribution in [-0.4, -0.2) is 16.5 Å². The van der Waals surface area contributed by atoms with E-state index in [-0.39, 0.29) is 18.5 Å². The SMILES string of the molecule is CC(C)NC(=O)Cn1cc(C#N)c2ccccc21. The Morgan fingerprint density at radius 1 is 1.44 bits per heavy atom. The Morgan fingerprint density at radius 3 is 2.83 bits per heavy atom. The maximum absolute atomic E-state index is 11.7. The molecule has 0 unspecified atom stereocenters. The monoisotopic (exact) mass is 241 g/mol. The molecule has 0 atom stereocenters. The molecule has 0 aliphatic rings. The Labute approximate surface area is 106 Å². The van der Waals surface area contributed by atoms with Gasteiger partial charge in [-0.15, -0.1) is 0 Å². The first-order valence-electron chi connectivity index (χ1n) is 5.89. The van der Waals surface area contributed by atoms with Crippen molar-refractivity contribution in [3.8, 4) is 6.07 Å². The molecule has 1 amide bonds. The van der Waals surface area contributed by atoms with Crippen LogP contribution in [0.2, 0.25) is 0 Å². The third-order valence-corrected chi connectivity index (χ3v) is 2.67. The molecule has 0 aliphatic heterocycles. The molecule has 18 heavy (non-hydrogen) atoms. The van der Waals surface area contributed by atoms with Crippen LogP contribution in [0, 0.1) is 11.3 Å². The highest BCUT2D eigenvalue weighted by Crippen LogP contribution is 2.20. The van der Waals surface area contributed by atoms with Crippen LogP contribution in [0.15, 0.2) is 30.5 Å². The molecule has 0 bridgehead atoms. The minimum absolute atomic E-state index is 0.0461. The summed E-state index contributed by atoms with van der Waals surface area (Å²) in [7, 11) is 0. The largest absolute Gasteiger partial charge is 0.352 e. The van der Waals surface area contributed by atoms with E-state index >= 15 is 0 Å². The van der Waals surface area contributed by atoms with E-state index in [1.165, 1.54) is 0 Å². The molecule has 0 aliphatic carbocycles. The maximum Gasteiger partial charge on any atom is 0.240 e. The Kier molecular flexibility index (Phi) is 3.33. The van der Waals surface area contributed by atoms with Gasteiger partial charge in [-0.25, -0.2) is 0 Å². The molecule has 0 fully saturated rings. The standard InChI is InChI=1S/C14H15N3O/c1-10(2)16-14(18)9-17-8-11(7-15)12-5-3-4-6-13(12)17/h3-6,8,10H,9H2,1-2H3,(H,16,18). The van der Waals surface area contributed by atoms with E-state index in [4.69, 9.17) is 5.26 Å². The van der Waals surface area contributed by atoms with Gasteiger partial charge in [0.15, 0.2) is 0 Å². The number of carbonyl (C=O) groups is 1. The summed E-state index contributed by atoms with van der Waals surface area (Å²) in [6, 6.07) is 9.87. The van der Waals surface area contributed by atoms with Gasteiger partial charge in [-0.1, -0.05) is 18.2 Å². The quantitative estimate of drug-likeness (QED) is 0.894. The number of hydrogen-bond donors (Lipinski definition) is 1. The number of hydrogen-bond acceptors (Lipinski definition) is 2. The van der Waals surface area contributed by atoms with Crippen LogP contribution in [0.5, 0.6) is 0 Å². The lowest BCUT2D eigenvalue weighted by Crippen LogP contribution is -2.32. The van der Waals surface area contributed by atoms with Gasteiger partial charge in [0.2, 0.25) is 5.91 Å². The smallest absolute Gasteiger partial charge is 0.240 e. The van der Waals surface area contributed by atoms with Crippen LogP contribution < -0.4 is 5.32 Å². The number of carbonyl (C=O) groups excluding carboxylic acids is 1. The summed E-state index contributed by atoms with van der Waals surface area (Å²) in [5.74, 6) is -0.0461. The zero-order chi connectivity index (χ0) is 13.1. The second-order valence-corrected chi connectivity index (χ2v) is 4.52. The minimum Gasteiger partial charge on any atom is -0.352 e. The topological polar surface area (TPSA) is 57.8 Å². The third-order valence-electron chi connectivity index (χ3n) is 2.67. The van der Waals surface area contributed by atoms with Crippen molar-refractivity contribution in [1.29, 1.82) is 5.26 Å². The summed E-state index contributed by atoms with van der Waals surface area (Å²) >= 11 is 0. The molecule has 0 saturated carbocycles. The van der Waals surface area contributed by atoms with Crippen molar-refractivity contribution in [1.82, 2.24) is 9.88 Å². The third kappa shape index (κ3) is 2.35. The van der Waals surface area contributed by atoms with Crippen LogP contribution in [0.4, 0.5) is 0 Å². The summed E-state index contributed by atoms with van der Waals surface area (Å²) in [6.45, 7) is 4.08. The molecule has 2 aromatic rings. The number of nitriles is 1. The zero-order valence-electron chi connectivity index (χ0n) is 10.5. The van der Waals surface area contributed by atoms with Gasteiger partial charge in [-0.05, 0) is 19.9 Å². The van der Waals surface area contributed by atoms with Crippen LogP contribution in [0.1, 0.15) is 19.4 Å². The number of nitrogens with zero attached hydrogens (tertiary/aromatic N) is 2. The fraction of sp³-hybridized carbons (Fsp3) is 0.286. The van der Waals surface area contributed by atoms with Gasteiger partial charge in [-0.3, -0.25) is 4.79 Å². The number of aromatic nitrogens is 1. The summed E-state index contributed by atoms with van der Waals surface area (Å²) in [6.07, 6.45) is 1.73. The average Bonchev–Trinajstić information content (AvgIpc) is 2.67. The molecule has 0 saturated heterocycles. The fourth-order valence-corrected chi connectivity index (χ4v) is 1.99. The average molecular weight is 241 g/mol. The summed E-state index contributed by atoms with van der Waals surface area (Å²) in [5, 5.41) is 12.8. The van der Waals surface area contributed by atoms with E-state index in [9.17, 15) is 4.79 Å². The number of para-hydroxylation sites is 1. The molecule has 1 aromatic carbocycles. The van der Waals surface area contributed by atoms with Gasteiger partial charge >= 0.3 is 0 Å². The van der Waals surface area contributed by atoms with Crippen LogP contribution in [0.3, 0.4) is 0 Å². The number of amides is 1. The Hall–Kier alpha value is -2.28. The Morgan fingerprint density at radius 2 is 2.17 bits per heavy atom. The van der Waals surface area contributed by atoms with E-state index in [0.717, 1.165) is 10.9 Å². The highest BCUT2D eigenvalue weighted by atomic mass is 16.2. The van der Waals surface area contributed by atoms with Crippen molar-refractivity contribution in [3.63, 3.8) is 0 Å². The molecule has 0 radical (unpaired) electrons. The first-order chi connectivity index (χ1) is 8.61. The molecule has 1 N–H and O–H groups in total. The van der Waals surface area contributed by atoms with Gasteiger partial charge in [0.05, 0.1) is 5.56 Å². The second kappa shape index (κ2) is 4.92. The lowest BCUT2D eigenvalue weighted by atomic mass is 10.2. The predicted octanol–water partition coefficient (Wildman–Crippen LogP) is 2.04. The normalized spacial score (nSPS) is 10.6. The van der Waals surface area contributed by atoms with E-state index in [2.05, 4.69) is 11.4 Å². The predicted molar refractivity (Wildman–Crippen MR) is 69.9 cm³/mol. The van der Waals surface area contributed by atoms with E-state index in [0.29, 0.717) is 5.56 Å². The van der Waals surface area contributed by atoms with E-state index < -0.39 is 0 Å². The first-order valence-corrected chi connectivity index (χ1v) is 5.89. The van der Waals surface area contributed by atoms with Gasteiger partial charge in [-0.2, -0.15) is 5.26 Å². The van der Waals surface area contributed by atoms with Gasteiger partial charge in [0, 0.05) is 23.1 Å². The first kappa shape index (κ1) is 12.2. The molecule has 0 spiro atoms. The van der Waals surface area contributed by atoms with Gasteiger partial charge in [0.1, 0.15) is 12.6 Å². The maximum atomic E-state index is 11.7. The van der Waals surface area contributed by atoms with Crippen LogP contribution >= 0.6 is 0 Å². The van der Waals surface area contributed by atoms with Crippen LogP contribution in [0.25, 0.3) is 10.9 Å². The molecular formula is C14H15N3O. The minimum atomic E-state index is -0.0461. The van der Waals surface area contributed by atoms with Crippen molar-refractivity contribution >= 4 is 16.8 Å². The van der Waals surface area contributed by atoms with E-state index in [1.807, 2.05) is 42.7 Å². The highest BCUT2D eigenvalue weighted by molar-refractivity contribution is 5.88. The lowest BCUT2D eigenvalue weighted by Gasteiger charge is -2.09. The van der Waals surface area contributed by atoms with Crippen molar-refractivity contribution in [2.75, 3.05) is 0 Å². The molecular weight excluding hydrogens is 226 g/mol. The lowest BCUT2D eigenvalue weighted by molar-refractivity contribution is -0.122. The summed E-state index contributed by atoms with van der Waals surface area (Å²) in [5.41, 5.74) is 1.51. The van der Waals surface area contributed by atoms with Crippen molar-refractivity contribution in [3.05, 3.63) is 36.0 Å². The zero-order valence-corrected chi connectivity index (χ0v) is 10.5. The van der Waals surface area contributed by atoms with Gasteiger partial charge < -0.3 is 9.88 Å². The number of nitrogens with one attached hydrogen (secondary N) is 1. The Bertz CT molecular complexity index is 619. The molecule has 1 heterocycles. The highest BCUT2D eigenvalue weighted by Gasteiger charge is 2.10. The van der Waals surface area contributed by atoms with Crippen molar-refractivity contribution in [2.45, 2.75) is 26.4 Å². The van der Waals surface area contributed by atoms with E-state index in [1.54, 1.807) is 6.20 Å². The molecule has 4 nitrogen and oxygen atoms in total. The fourth-order valence-electron chi connectivity index (χ4n) is 1.99.